The molecule has 0 atom stereocenters. The van der Waals surface area contributed by atoms with Gasteiger partial charge in [-0.25, -0.2) is 0 Å². The van der Waals surface area contributed by atoms with E-state index in [-0.39, 0.29) is 12.4 Å². The number of Topliss-reactive ketones (excluding diaryl/α,β-unsaturated/α-hetero) is 1. The standard InChI is InChI=1S/C16H24O3/c1-14(18)6-7-15-8-10-16(11-9-15)19-13-5-3-2-4-12-17/h8-11,17H,2-7,12-13H2,1H3. The predicted octanol–water partition coefficient (Wildman–Crippen LogP) is 3.14. The van der Waals surface area contributed by atoms with Gasteiger partial charge in [-0.05, 0) is 50.3 Å². The second kappa shape index (κ2) is 9.56. The molecule has 0 heterocycles. The number of ether oxygens (including phenoxy) is 1. The Bertz CT molecular complexity index is 357. The Hall–Kier alpha value is -1.35. The molecule has 0 bridgehead atoms. The van der Waals surface area contributed by atoms with Crippen molar-refractivity contribution in [2.45, 2.75) is 45.4 Å². The molecule has 0 aliphatic rings. The Labute approximate surface area is 115 Å². The summed E-state index contributed by atoms with van der Waals surface area (Å²) in [6.45, 7) is 2.62. The number of aryl methyl sites for hydroxylation is 1. The minimum Gasteiger partial charge on any atom is -0.494 e. The van der Waals surface area contributed by atoms with Gasteiger partial charge < -0.3 is 14.6 Å². The van der Waals surface area contributed by atoms with Crippen molar-refractivity contribution in [3.63, 3.8) is 0 Å². The van der Waals surface area contributed by atoms with Crippen LogP contribution in [0.1, 0.15) is 44.6 Å². The Kier molecular flexibility index (Phi) is 7.91. The van der Waals surface area contributed by atoms with Gasteiger partial charge in [0.05, 0.1) is 6.61 Å². The molecule has 0 radical (unpaired) electrons. The summed E-state index contributed by atoms with van der Waals surface area (Å²) in [5.41, 5.74) is 1.17. The molecule has 1 N–H and O–H groups in total. The van der Waals surface area contributed by atoms with Crippen LogP contribution in [-0.2, 0) is 11.2 Å². The van der Waals surface area contributed by atoms with E-state index in [1.54, 1.807) is 6.92 Å². The number of hydrogen-bond acceptors (Lipinski definition) is 3. The summed E-state index contributed by atoms with van der Waals surface area (Å²) in [5, 5.41) is 8.65. The molecule has 1 aromatic carbocycles. The van der Waals surface area contributed by atoms with Crippen LogP contribution in [0.2, 0.25) is 0 Å². The number of ketones is 1. The van der Waals surface area contributed by atoms with Crippen LogP contribution in [0.5, 0.6) is 5.75 Å². The van der Waals surface area contributed by atoms with Crippen molar-refractivity contribution in [2.75, 3.05) is 13.2 Å². The average molecular weight is 264 g/mol. The van der Waals surface area contributed by atoms with Crippen molar-refractivity contribution < 1.29 is 14.6 Å². The van der Waals surface area contributed by atoms with Gasteiger partial charge in [0.1, 0.15) is 11.5 Å². The molecule has 0 amide bonds. The molecule has 3 nitrogen and oxygen atoms in total. The zero-order chi connectivity index (χ0) is 13.9. The molecule has 3 heteroatoms. The zero-order valence-corrected chi connectivity index (χ0v) is 11.7. The lowest BCUT2D eigenvalue weighted by Crippen LogP contribution is -1.98. The van der Waals surface area contributed by atoms with Crippen LogP contribution in [0.3, 0.4) is 0 Å². The number of benzene rings is 1. The normalized spacial score (nSPS) is 10.4. The maximum Gasteiger partial charge on any atom is 0.130 e. The number of aliphatic hydroxyl groups is 1. The van der Waals surface area contributed by atoms with E-state index >= 15 is 0 Å². The molecule has 0 aromatic heterocycles. The van der Waals surface area contributed by atoms with Gasteiger partial charge in [0, 0.05) is 13.0 Å². The Balaban J connectivity index is 2.19. The maximum atomic E-state index is 10.9. The molecule has 0 saturated carbocycles. The Morgan fingerprint density at radius 3 is 2.42 bits per heavy atom. The average Bonchev–Trinajstić information content (AvgIpc) is 2.41. The first kappa shape index (κ1) is 15.7. The smallest absolute Gasteiger partial charge is 0.130 e. The molecule has 0 fully saturated rings. The molecule has 0 unspecified atom stereocenters. The van der Waals surface area contributed by atoms with Crippen LogP contribution in [0.4, 0.5) is 0 Å². The number of carbonyl (C=O) groups excluding carboxylic acids is 1. The molecule has 1 rings (SSSR count). The second-order valence-corrected chi connectivity index (χ2v) is 4.83. The van der Waals surface area contributed by atoms with Crippen LogP contribution < -0.4 is 4.74 Å². The fourth-order valence-electron chi connectivity index (χ4n) is 1.83. The third-order valence-corrected chi connectivity index (χ3v) is 3.01. The summed E-state index contributed by atoms with van der Waals surface area (Å²) in [4.78, 5) is 10.9. The SMILES string of the molecule is CC(=O)CCc1ccc(OCCCCCCO)cc1. The Morgan fingerprint density at radius 1 is 1.11 bits per heavy atom. The van der Waals surface area contributed by atoms with Gasteiger partial charge in [-0.3, -0.25) is 0 Å². The molecule has 19 heavy (non-hydrogen) atoms. The van der Waals surface area contributed by atoms with Gasteiger partial charge in [0.2, 0.25) is 0 Å². The van der Waals surface area contributed by atoms with Gasteiger partial charge >= 0.3 is 0 Å². The fraction of sp³-hybridized carbons (Fsp3) is 0.562. The highest BCUT2D eigenvalue weighted by atomic mass is 16.5. The Morgan fingerprint density at radius 2 is 1.79 bits per heavy atom. The first-order valence-electron chi connectivity index (χ1n) is 7.04. The van der Waals surface area contributed by atoms with Crippen molar-refractivity contribution in [3.8, 4) is 5.75 Å². The first-order chi connectivity index (χ1) is 9.22. The number of rotatable bonds is 10. The van der Waals surface area contributed by atoms with Crippen molar-refractivity contribution in [2.24, 2.45) is 0 Å². The lowest BCUT2D eigenvalue weighted by molar-refractivity contribution is -0.116. The number of aliphatic hydroxyl groups excluding tert-OH is 1. The van der Waals surface area contributed by atoms with Crippen molar-refractivity contribution >= 4 is 5.78 Å². The largest absolute Gasteiger partial charge is 0.494 e. The highest BCUT2D eigenvalue weighted by molar-refractivity contribution is 5.75. The van der Waals surface area contributed by atoms with Gasteiger partial charge in [0.15, 0.2) is 0 Å². The van der Waals surface area contributed by atoms with E-state index < -0.39 is 0 Å². The predicted molar refractivity (Wildman–Crippen MR) is 76.5 cm³/mol. The lowest BCUT2D eigenvalue weighted by atomic mass is 10.1. The summed E-state index contributed by atoms with van der Waals surface area (Å²) in [6, 6.07) is 7.96. The molecule has 0 spiro atoms. The maximum absolute atomic E-state index is 10.9. The van der Waals surface area contributed by atoms with Crippen LogP contribution in [0.15, 0.2) is 24.3 Å². The topological polar surface area (TPSA) is 46.5 Å². The number of carbonyl (C=O) groups is 1. The van der Waals surface area contributed by atoms with E-state index in [4.69, 9.17) is 9.84 Å². The molecule has 0 aliphatic heterocycles. The minimum atomic E-state index is 0.225. The van der Waals surface area contributed by atoms with Crippen molar-refractivity contribution in [3.05, 3.63) is 29.8 Å². The monoisotopic (exact) mass is 264 g/mol. The van der Waals surface area contributed by atoms with Crippen molar-refractivity contribution in [1.82, 2.24) is 0 Å². The molecular formula is C16H24O3. The van der Waals surface area contributed by atoms with E-state index in [1.807, 2.05) is 24.3 Å². The molecular weight excluding hydrogens is 240 g/mol. The van der Waals surface area contributed by atoms with Gasteiger partial charge in [-0.15, -0.1) is 0 Å². The van der Waals surface area contributed by atoms with Crippen molar-refractivity contribution in [1.29, 1.82) is 0 Å². The van der Waals surface area contributed by atoms with E-state index in [1.165, 1.54) is 5.56 Å². The molecule has 1 aromatic rings. The summed E-state index contributed by atoms with van der Waals surface area (Å²) in [7, 11) is 0. The van der Waals surface area contributed by atoms with E-state index in [2.05, 4.69) is 0 Å². The minimum absolute atomic E-state index is 0.225. The molecule has 0 saturated heterocycles. The van der Waals surface area contributed by atoms with Crippen LogP contribution in [0, 0.1) is 0 Å². The number of unbranched alkanes of at least 4 members (excludes halogenated alkanes) is 3. The summed E-state index contributed by atoms with van der Waals surface area (Å²) in [6.07, 6.45) is 5.46. The quantitative estimate of drug-likeness (QED) is 0.660. The summed E-state index contributed by atoms with van der Waals surface area (Å²) in [5.74, 6) is 1.11. The highest BCUT2D eigenvalue weighted by Gasteiger charge is 1.98. The van der Waals surface area contributed by atoms with E-state index in [0.29, 0.717) is 6.42 Å². The van der Waals surface area contributed by atoms with Gasteiger partial charge in [-0.2, -0.15) is 0 Å². The van der Waals surface area contributed by atoms with Crippen LogP contribution >= 0.6 is 0 Å². The van der Waals surface area contributed by atoms with Gasteiger partial charge in [-0.1, -0.05) is 18.6 Å². The zero-order valence-electron chi connectivity index (χ0n) is 11.7. The molecule has 0 aliphatic carbocycles. The second-order valence-electron chi connectivity index (χ2n) is 4.83. The van der Waals surface area contributed by atoms with Crippen LogP contribution in [-0.4, -0.2) is 24.1 Å². The molecule has 106 valence electrons. The van der Waals surface area contributed by atoms with E-state index in [0.717, 1.165) is 44.5 Å². The van der Waals surface area contributed by atoms with Crippen LogP contribution in [0.25, 0.3) is 0 Å². The van der Waals surface area contributed by atoms with E-state index in [9.17, 15) is 4.79 Å². The third kappa shape index (κ3) is 7.62. The summed E-state index contributed by atoms with van der Waals surface area (Å²) >= 11 is 0. The fourth-order valence-corrected chi connectivity index (χ4v) is 1.83. The summed E-state index contributed by atoms with van der Waals surface area (Å²) < 4.78 is 5.64. The highest BCUT2D eigenvalue weighted by Crippen LogP contribution is 2.14. The lowest BCUT2D eigenvalue weighted by Gasteiger charge is -2.07. The number of hydrogen-bond donors (Lipinski definition) is 1. The third-order valence-electron chi connectivity index (χ3n) is 3.01. The van der Waals surface area contributed by atoms with Gasteiger partial charge in [0.25, 0.3) is 0 Å². The first-order valence-corrected chi connectivity index (χ1v) is 7.04.